The molecule has 1 aromatic rings. The number of amides is 1. The zero-order chi connectivity index (χ0) is 14.9. The Labute approximate surface area is 115 Å². The number of methoxy groups -OCH3 is 1. The van der Waals surface area contributed by atoms with Gasteiger partial charge in [0, 0.05) is 23.2 Å². The van der Waals surface area contributed by atoms with Gasteiger partial charge in [0.15, 0.2) is 0 Å². The molecule has 1 aromatic carbocycles. The predicted octanol–water partition coefficient (Wildman–Crippen LogP) is 1.66. The molecule has 20 heavy (non-hydrogen) atoms. The molecule has 7 nitrogen and oxygen atoms in total. The van der Waals surface area contributed by atoms with Crippen molar-refractivity contribution >= 4 is 17.6 Å². The minimum atomic E-state index is -0.722. The van der Waals surface area contributed by atoms with Crippen LogP contribution >= 0.6 is 0 Å². The third-order valence-electron chi connectivity index (χ3n) is 3.23. The number of ether oxygens (including phenoxy) is 1. The van der Waals surface area contributed by atoms with Crippen molar-refractivity contribution in [2.24, 2.45) is 0 Å². The normalized spacial score (nSPS) is 15.3. The van der Waals surface area contributed by atoms with Gasteiger partial charge >= 0.3 is 5.97 Å². The lowest BCUT2D eigenvalue weighted by atomic mass is 10.1. The summed E-state index contributed by atoms with van der Waals surface area (Å²) in [6, 6.07) is 3.52. The van der Waals surface area contributed by atoms with E-state index >= 15 is 0 Å². The van der Waals surface area contributed by atoms with Crippen LogP contribution in [0.1, 0.15) is 40.5 Å². The van der Waals surface area contributed by atoms with Crippen LogP contribution in [0.3, 0.4) is 0 Å². The standard InChI is InChI=1S/C13H14N2O5/c1-13(3-4-13)14-11(16)8-5-9(12(17)20-2)7-10(6-8)15(18)19/h5-7H,3-4H2,1-2H3,(H,14,16). The number of esters is 1. The van der Waals surface area contributed by atoms with Crippen LogP contribution < -0.4 is 5.32 Å². The first-order valence-corrected chi connectivity index (χ1v) is 6.05. The van der Waals surface area contributed by atoms with Crippen molar-refractivity contribution in [3.05, 3.63) is 39.4 Å². The number of non-ortho nitro benzene ring substituents is 1. The highest BCUT2D eigenvalue weighted by Crippen LogP contribution is 2.34. The average Bonchev–Trinajstić information content (AvgIpc) is 3.14. The molecule has 1 fully saturated rings. The number of nitrogens with zero attached hydrogens (tertiary/aromatic N) is 1. The number of rotatable bonds is 4. The number of nitro benzene ring substituents is 1. The zero-order valence-electron chi connectivity index (χ0n) is 11.1. The van der Waals surface area contributed by atoms with E-state index in [2.05, 4.69) is 10.1 Å². The molecule has 0 spiro atoms. The molecule has 0 unspecified atom stereocenters. The van der Waals surface area contributed by atoms with Crippen molar-refractivity contribution in [2.75, 3.05) is 7.11 Å². The summed E-state index contributed by atoms with van der Waals surface area (Å²) in [7, 11) is 1.17. The maximum atomic E-state index is 12.1. The number of hydrogen-bond acceptors (Lipinski definition) is 5. The second-order valence-electron chi connectivity index (χ2n) is 5.03. The fourth-order valence-electron chi connectivity index (χ4n) is 1.74. The molecule has 1 amide bonds. The van der Waals surface area contributed by atoms with Crippen LogP contribution in [0.15, 0.2) is 18.2 Å². The van der Waals surface area contributed by atoms with Crippen LogP contribution in [-0.4, -0.2) is 29.4 Å². The first-order valence-electron chi connectivity index (χ1n) is 6.05. The molecule has 1 aliphatic carbocycles. The van der Waals surface area contributed by atoms with Gasteiger partial charge in [0.05, 0.1) is 17.6 Å². The Hall–Kier alpha value is -2.44. The molecule has 7 heteroatoms. The number of carbonyl (C=O) groups excluding carboxylic acids is 2. The third-order valence-corrected chi connectivity index (χ3v) is 3.23. The van der Waals surface area contributed by atoms with Gasteiger partial charge in [-0.15, -0.1) is 0 Å². The lowest BCUT2D eigenvalue weighted by molar-refractivity contribution is -0.384. The molecule has 1 N–H and O–H groups in total. The van der Waals surface area contributed by atoms with Crippen molar-refractivity contribution in [3.63, 3.8) is 0 Å². The lowest BCUT2D eigenvalue weighted by Crippen LogP contribution is -2.34. The summed E-state index contributed by atoms with van der Waals surface area (Å²) in [6.45, 7) is 1.89. The molecule has 0 bridgehead atoms. The monoisotopic (exact) mass is 278 g/mol. The van der Waals surface area contributed by atoms with Gasteiger partial charge in [-0.05, 0) is 25.8 Å². The second kappa shape index (κ2) is 4.92. The minimum absolute atomic E-state index is 0.0206. The van der Waals surface area contributed by atoms with Crippen molar-refractivity contribution in [1.29, 1.82) is 0 Å². The minimum Gasteiger partial charge on any atom is -0.465 e. The highest BCUT2D eigenvalue weighted by molar-refractivity contribution is 5.99. The first-order chi connectivity index (χ1) is 9.34. The Morgan fingerprint density at radius 1 is 1.30 bits per heavy atom. The molecule has 0 saturated heterocycles. The SMILES string of the molecule is COC(=O)c1cc(C(=O)NC2(C)CC2)cc([N+](=O)[O-])c1. The smallest absolute Gasteiger partial charge is 0.338 e. The van der Waals surface area contributed by atoms with Crippen LogP contribution in [0.5, 0.6) is 0 Å². The topological polar surface area (TPSA) is 98.5 Å². The van der Waals surface area contributed by atoms with Crippen LogP contribution in [0, 0.1) is 10.1 Å². The van der Waals surface area contributed by atoms with E-state index in [-0.39, 0.29) is 22.4 Å². The van der Waals surface area contributed by atoms with Crippen molar-refractivity contribution < 1.29 is 19.2 Å². The quantitative estimate of drug-likeness (QED) is 0.513. The summed E-state index contributed by atoms with van der Waals surface area (Å²) < 4.78 is 4.53. The van der Waals surface area contributed by atoms with E-state index in [1.807, 2.05) is 6.92 Å². The molecule has 1 saturated carbocycles. The Morgan fingerprint density at radius 3 is 2.40 bits per heavy atom. The number of benzene rings is 1. The molecular weight excluding hydrogens is 264 g/mol. The Balaban J connectivity index is 2.35. The highest BCUT2D eigenvalue weighted by atomic mass is 16.6. The summed E-state index contributed by atoms with van der Waals surface area (Å²) in [5, 5.41) is 13.6. The van der Waals surface area contributed by atoms with Gasteiger partial charge in [-0.25, -0.2) is 4.79 Å². The first kappa shape index (κ1) is 14.0. The van der Waals surface area contributed by atoms with E-state index in [1.165, 1.54) is 13.2 Å². The third kappa shape index (κ3) is 2.93. The molecule has 0 radical (unpaired) electrons. The van der Waals surface area contributed by atoms with Crippen LogP contribution in [-0.2, 0) is 4.74 Å². The van der Waals surface area contributed by atoms with Crippen molar-refractivity contribution in [1.82, 2.24) is 5.32 Å². The maximum Gasteiger partial charge on any atom is 0.338 e. The van der Waals surface area contributed by atoms with E-state index in [0.29, 0.717) is 0 Å². The maximum absolute atomic E-state index is 12.1. The van der Waals surface area contributed by atoms with Crippen LogP contribution in [0.25, 0.3) is 0 Å². The fraction of sp³-hybridized carbons (Fsp3) is 0.385. The molecule has 0 heterocycles. The average molecular weight is 278 g/mol. The zero-order valence-corrected chi connectivity index (χ0v) is 11.1. The van der Waals surface area contributed by atoms with Gasteiger partial charge in [0.25, 0.3) is 11.6 Å². The van der Waals surface area contributed by atoms with E-state index < -0.39 is 16.8 Å². The number of carbonyl (C=O) groups is 2. The van der Waals surface area contributed by atoms with E-state index in [1.54, 1.807) is 0 Å². The summed E-state index contributed by atoms with van der Waals surface area (Å²) in [5.41, 5.74) is -0.507. The van der Waals surface area contributed by atoms with E-state index in [9.17, 15) is 19.7 Å². The molecule has 106 valence electrons. The molecule has 1 aliphatic rings. The summed E-state index contributed by atoms with van der Waals surface area (Å²) >= 11 is 0. The Morgan fingerprint density at radius 2 is 1.90 bits per heavy atom. The molecule has 2 rings (SSSR count). The number of nitro groups is 1. The van der Waals surface area contributed by atoms with E-state index in [4.69, 9.17) is 0 Å². The number of hydrogen-bond donors (Lipinski definition) is 1. The van der Waals surface area contributed by atoms with Gasteiger partial charge in [-0.3, -0.25) is 14.9 Å². The van der Waals surface area contributed by atoms with Crippen molar-refractivity contribution in [2.45, 2.75) is 25.3 Å². The van der Waals surface area contributed by atoms with Crippen LogP contribution in [0.4, 0.5) is 5.69 Å². The summed E-state index contributed by atoms with van der Waals surface area (Å²) in [4.78, 5) is 33.7. The van der Waals surface area contributed by atoms with Gasteiger partial charge < -0.3 is 10.1 Å². The highest BCUT2D eigenvalue weighted by Gasteiger charge is 2.39. The van der Waals surface area contributed by atoms with Gasteiger partial charge in [-0.1, -0.05) is 0 Å². The Kier molecular flexibility index (Phi) is 3.44. The molecule has 0 atom stereocenters. The van der Waals surface area contributed by atoms with Gasteiger partial charge in [-0.2, -0.15) is 0 Å². The molecule has 0 aliphatic heterocycles. The largest absolute Gasteiger partial charge is 0.465 e. The lowest BCUT2D eigenvalue weighted by Gasteiger charge is -2.11. The van der Waals surface area contributed by atoms with E-state index in [0.717, 1.165) is 25.0 Å². The summed E-state index contributed by atoms with van der Waals surface area (Å²) in [6.07, 6.45) is 1.75. The van der Waals surface area contributed by atoms with Crippen molar-refractivity contribution in [3.8, 4) is 0 Å². The predicted molar refractivity (Wildman–Crippen MR) is 69.5 cm³/mol. The Bertz CT molecular complexity index is 592. The van der Waals surface area contributed by atoms with Crippen LogP contribution in [0.2, 0.25) is 0 Å². The molecule has 0 aromatic heterocycles. The fourth-order valence-corrected chi connectivity index (χ4v) is 1.74. The van der Waals surface area contributed by atoms with Gasteiger partial charge in [0.1, 0.15) is 0 Å². The summed E-state index contributed by atoms with van der Waals surface area (Å²) in [5.74, 6) is -1.15. The molecular formula is C13H14N2O5. The number of nitrogens with one attached hydrogen (secondary N) is 1. The second-order valence-corrected chi connectivity index (χ2v) is 5.03. The van der Waals surface area contributed by atoms with Gasteiger partial charge in [0.2, 0.25) is 0 Å².